The summed E-state index contributed by atoms with van der Waals surface area (Å²) in [5.74, 6) is 0.0323. The predicted octanol–water partition coefficient (Wildman–Crippen LogP) is 4.35. The Morgan fingerprint density at radius 2 is 1.55 bits per heavy atom. The van der Waals surface area contributed by atoms with Crippen molar-refractivity contribution in [3.63, 3.8) is 0 Å². The molecule has 0 saturated heterocycles. The predicted molar refractivity (Wildman–Crippen MR) is 110 cm³/mol. The molecule has 0 aliphatic rings. The van der Waals surface area contributed by atoms with Crippen molar-refractivity contribution in [3.05, 3.63) is 46.4 Å². The molecule has 2 rings (SSSR count). The van der Waals surface area contributed by atoms with Gasteiger partial charge in [-0.15, -0.1) is 0 Å². The maximum absolute atomic E-state index is 12.3. The van der Waals surface area contributed by atoms with Crippen LogP contribution in [0.4, 0.5) is 5.69 Å². The van der Waals surface area contributed by atoms with Gasteiger partial charge in [-0.05, 0) is 44.2 Å². The summed E-state index contributed by atoms with van der Waals surface area (Å²) in [7, 11) is 3.00. The van der Waals surface area contributed by atoms with Crippen molar-refractivity contribution in [2.45, 2.75) is 26.1 Å². The first-order valence-corrected chi connectivity index (χ1v) is 9.35. The zero-order valence-electron chi connectivity index (χ0n) is 16.3. The summed E-state index contributed by atoms with van der Waals surface area (Å²) in [5, 5.41) is 3.35. The molecule has 2 aromatic carbocycles. The number of carbonyl (C=O) groups excluding carboxylic acids is 2. The number of hydrogen-bond donors (Lipinski definition) is 1. The Morgan fingerprint density at radius 3 is 2.17 bits per heavy atom. The van der Waals surface area contributed by atoms with E-state index in [4.69, 9.17) is 42.1 Å². The third kappa shape index (κ3) is 6.17. The van der Waals surface area contributed by atoms with Gasteiger partial charge in [0, 0.05) is 16.8 Å². The minimum atomic E-state index is -1.05. The first-order chi connectivity index (χ1) is 13.7. The lowest BCUT2D eigenvalue weighted by atomic mass is 10.2. The SMILES string of the molecule is COc1ccc(NC(=O)C(C)OC(=O)C(C)Oc2ccc(Cl)cc2Cl)cc1OC. The normalized spacial score (nSPS) is 12.5. The first kappa shape index (κ1) is 22.6. The standard InChI is InChI=1S/C20H21Cl2NO6/c1-11(19(24)23-14-6-8-17(26-3)18(10-14)27-4)29-20(25)12(2)28-16-7-5-13(21)9-15(16)22/h5-12H,1-4H3,(H,23,24). The summed E-state index contributed by atoms with van der Waals surface area (Å²) in [6.07, 6.45) is -2.03. The molecular formula is C20H21Cl2NO6. The highest BCUT2D eigenvalue weighted by Gasteiger charge is 2.24. The van der Waals surface area contributed by atoms with Crippen LogP contribution in [0.25, 0.3) is 0 Å². The van der Waals surface area contributed by atoms with Crippen LogP contribution in [0.1, 0.15) is 13.8 Å². The van der Waals surface area contributed by atoms with E-state index in [2.05, 4.69) is 5.32 Å². The average molecular weight is 442 g/mol. The van der Waals surface area contributed by atoms with Crippen LogP contribution in [-0.4, -0.2) is 38.3 Å². The molecule has 0 bridgehead atoms. The molecule has 7 nitrogen and oxygen atoms in total. The average Bonchev–Trinajstić information content (AvgIpc) is 2.69. The molecule has 0 saturated carbocycles. The van der Waals surface area contributed by atoms with E-state index in [1.165, 1.54) is 34.1 Å². The number of amides is 1. The van der Waals surface area contributed by atoms with Crippen molar-refractivity contribution < 1.29 is 28.5 Å². The van der Waals surface area contributed by atoms with Crippen molar-refractivity contribution in [2.24, 2.45) is 0 Å². The maximum atomic E-state index is 12.3. The molecule has 2 aromatic rings. The molecule has 2 atom stereocenters. The molecule has 2 unspecified atom stereocenters. The van der Waals surface area contributed by atoms with Gasteiger partial charge < -0.3 is 24.3 Å². The van der Waals surface area contributed by atoms with Crippen molar-refractivity contribution >= 4 is 40.8 Å². The summed E-state index contributed by atoms with van der Waals surface area (Å²) in [6.45, 7) is 2.95. The molecule has 0 aliphatic heterocycles. The fourth-order valence-electron chi connectivity index (χ4n) is 2.29. The fraction of sp³-hybridized carbons (Fsp3) is 0.300. The highest BCUT2D eigenvalue weighted by molar-refractivity contribution is 6.35. The molecule has 29 heavy (non-hydrogen) atoms. The number of carbonyl (C=O) groups is 2. The molecule has 0 aromatic heterocycles. The molecule has 0 radical (unpaired) electrons. The topological polar surface area (TPSA) is 83.1 Å². The van der Waals surface area contributed by atoms with Crippen LogP contribution in [0, 0.1) is 0 Å². The second-order valence-corrected chi connectivity index (χ2v) is 6.82. The van der Waals surface area contributed by atoms with Gasteiger partial charge in [-0.25, -0.2) is 4.79 Å². The van der Waals surface area contributed by atoms with Crippen LogP contribution in [-0.2, 0) is 14.3 Å². The number of halogens is 2. The molecular weight excluding hydrogens is 421 g/mol. The maximum Gasteiger partial charge on any atom is 0.347 e. The Hall–Kier alpha value is -2.64. The van der Waals surface area contributed by atoms with Crippen LogP contribution in [0.5, 0.6) is 17.2 Å². The fourth-order valence-corrected chi connectivity index (χ4v) is 2.74. The lowest BCUT2D eigenvalue weighted by molar-refractivity contribution is -0.159. The Labute approximate surface area is 178 Å². The van der Waals surface area contributed by atoms with E-state index in [0.29, 0.717) is 22.2 Å². The van der Waals surface area contributed by atoms with Gasteiger partial charge in [-0.3, -0.25) is 4.79 Å². The largest absolute Gasteiger partial charge is 0.493 e. The number of benzene rings is 2. The van der Waals surface area contributed by atoms with Gasteiger partial charge in [-0.2, -0.15) is 0 Å². The first-order valence-electron chi connectivity index (χ1n) is 8.60. The number of ether oxygens (including phenoxy) is 4. The van der Waals surface area contributed by atoms with Crippen molar-refractivity contribution in [1.29, 1.82) is 0 Å². The highest BCUT2D eigenvalue weighted by Crippen LogP contribution is 2.30. The Balaban J connectivity index is 1.95. The minimum Gasteiger partial charge on any atom is -0.493 e. The molecule has 0 fully saturated rings. The van der Waals surface area contributed by atoms with Gasteiger partial charge in [0.2, 0.25) is 0 Å². The number of methoxy groups -OCH3 is 2. The van der Waals surface area contributed by atoms with Crippen LogP contribution >= 0.6 is 23.2 Å². The van der Waals surface area contributed by atoms with Crippen LogP contribution in [0.2, 0.25) is 10.0 Å². The third-order valence-corrected chi connectivity index (χ3v) is 4.37. The van der Waals surface area contributed by atoms with E-state index < -0.39 is 24.1 Å². The van der Waals surface area contributed by atoms with E-state index in [1.807, 2.05) is 0 Å². The monoisotopic (exact) mass is 441 g/mol. The number of hydrogen-bond acceptors (Lipinski definition) is 6. The van der Waals surface area contributed by atoms with Crippen molar-refractivity contribution in [1.82, 2.24) is 0 Å². The smallest absolute Gasteiger partial charge is 0.347 e. The van der Waals surface area contributed by atoms with Crippen LogP contribution < -0.4 is 19.5 Å². The van der Waals surface area contributed by atoms with Crippen LogP contribution in [0.15, 0.2) is 36.4 Å². The van der Waals surface area contributed by atoms with Gasteiger partial charge in [0.1, 0.15) is 5.75 Å². The van der Waals surface area contributed by atoms with E-state index >= 15 is 0 Å². The summed E-state index contributed by atoms with van der Waals surface area (Å²) in [5.41, 5.74) is 0.466. The van der Waals surface area contributed by atoms with Gasteiger partial charge in [0.05, 0.1) is 19.2 Å². The molecule has 0 spiro atoms. The third-order valence-electron chi connectivity index (χ3n) is 3.84. The Kier molecular flexibility index (Phi) is 7.99. The van der Waals surface area contributed by atoms with Gasteiger partial charge in [0.15, 0.2) is 23.7 Å². The summed E-state index contributed by atoms with van der Waals surface area (Å²) in [4.78, 5) is 24.6. The minimum absolute atomic E-state index is 0.261. The number of esters is 1. The van der Waals surface area contributed by atoms with Gasteiger partial charge in [-0.1, -0.05) is 23.2 Å². The lowest BCUT2D eigenvalue weighted by Gasteiger charge is -2.18. The van der Waals surface area contributed by atoms with Crippen molar-refractivity contribution in [3.8, 4) is 17.2 Å². The van der Waals surface area contributed by atoms with E-state index in [1.54, 1.807) is 30.3 Å². The lowest BCUT2D eigenvalue weighted by Crippen LogP contribution is -2.35. The van der Waals surface area contributed by atoms with Gasteiger partial charge >= 0.3 is 5.97 Å². The highest BCUT2D eigenvalue weighted by atomic mass is 35.5. The van der Waals surface area contributed by atoms with Crippen molar-refractivity contribution in [2.75, 3.05) is 19.5 Å². The van der Waals surface area contributed by atoms with E-state index in [9.17, 15) is 9.59 Å². The number of nitrogens with one attached hydrogen (secondary N) is 1. The molecule has 0 aliphatic carbocycles. The molecule has 9 heteroatoms. The number of anilines is 1. The zero-order valence-corrected chi connectivity index (χ0v) is 17.8. The Bertz CT molecular complexity index is 889. The van der Waals surface area contributed by atoms with E-state index in [-0.39, 0.29) is 10.8 Å². The van der Waals surface area contributed by atoms with Gasteiger partial charge in [0.25, 0.3) is 5.91 Å². The van der Waals surface area contributed by atoms with Crippen LogP contribution in [0.3, 0.4) is 0 Å². The molecule has 0 heterocycles. The summed E-state index contributed by atoms with van der Waals surface area (Å²) < 4.78 is 21.0. The second kappa shape index (κ2) is 10.2. The Morgan fingerprint density at radius 1 is 0.897 bits per heavy atom. The summed E-state index contributed by atoms with van der Waals surface area (Å²) in [6, 6.07) is 9.51. The van der Waals surface area contributed by atoms with E-state index in [0.717, 1.165) is 0 Å². The molecule has 1 amide bonds. The molecule has 156 valence electrons. The second-order valence-electron chi connectivity index (χ2n) is 5.97. The summed E-state index contributed by atoms with van der Waals surface area (Å²) >= 11 is 11.9. The zero-order chi connectivity index (χ0) is 21.6. The number of rotatable bonds is 8. The molecule has 1 N–H and O–H groups in total. The quantitative estimate of drug-likeness (QED) is 0.613.